The molecule has 3 nitrogen and oxygen atoms in total. The number of unbranched alkanes of at least 4 members (excludes halogenated alkanes) is 2. The van der Waals surface area contributed by atoms with Gasteiger partial charge in [-0.25, -0.2) is 4.79 Å². The highest BCUT2D eigenvalue weighted by Crippen LogP contribution is 2.09. The van der Waals surface area contributed by atoms with Gasteiger partial charge >= 0.3 is 5.97 Å². The van der Waals surface area contributed by atoms with Crippen LogP contribution in [0, 0.1) is 0 Å². The molecule has 0 radical (unpaired) electrons. The van der Waals surface area contributed by atoms with E-state index in [2.05, 4.69) is 25.7 Å². The van der Waals surface area contributed by atoms with Crippen LogP contribution in [0.5, 0.6) is 0 Å². The second-order valence-corrected chi connectivity index (χ2v) is 4.85. The zero-order valence-electron chi connectivity index (χ0n) is 12.8. The summed E-state index contributed by atoms with van der Waals surface area (Å²) in [5, 5.41) is 3.41. The Bertz CT molecular complexity index is 257. The van der Waals surface area contributed by atoms with E-state index >= 15 is 0 Å². The minimum absolute atomic E-state index is 0. The monoisotopic (exact) mass is 335 g/mol. The van der Waals surface area contributed by atoms with Crippen molar-refractivity contribution in [2.45, 2.75) is 78.5 Å². The largest absolute Gasteiger partial charge is 0.443 e. The average Bonchev–Trinajstić information content (AvgIpc) is 2.36. The standard InChI is InChI=1S/C15H29NO2.BrH/c1-6-9-10-11-13(7-2)16-14(8-3)18-15(17)12(4)5;/h13-14,16H,4,6-11H2,1-3,5H3;1H. The number of ether oxygens (including phenoxy) is 1. The summed E-state index contributed by atoms with van der Waals surface area (Å²) in [4.78, 5) is 11.5. The first-order valence-corrected chi connectivity index (χ1v) is 7.17. The Morgan fingerprint density at radius 3 is 2.26 bits per heavy atom. The summed E-state index contributed by atoms with van der Waals surface area (Å²) in [6, 6.07) is 0.430. The van der Waals surface area contributed by atoms with Crippen LogP contribution in [0.2, 0.25) is 0 Å². The van der Waals surface area contributed by atoms with Crippen LogP contribution >= 0.6 is 17.0 Å². The predicted octanol–water partition coefficient (Wildman–Crippen LogP) is 4.37. The first kappa shape index (κ1) is 21.0. The molecule has 0 heterocycles. The van der Waals surface area contributed by atoms with E-state index in [1.54, 1.807) is 6.92 Å². The molecular weight excluding hydrogens is 306 g/mol. The summed E-state index contributed by atoms with van der Waals surface area (Å²) < 4.78 is 5.35. The van der Waals surface area contributed by atoms with Gasteiger partial charge < -0.3 is 4.74 Å². The minimum atomic E-state index is -0.308. The molecule has 0 amide bonds. The third kappa shape index (κ3) is 10.1. The van der Waals surface area contributed by atoms with E-state index in [-0.39, 0.29) is 29.2 Å². The fourth-order valence-corrected chi connectivity index (χ4v) is 1.77. The van der Waals surface area contributed by atoms with Crippen LogP contribution in [-0.2, 0) is 9.53 Å². The fourth-order valence-electron chi connectivity index (χ4n) is 1.77. The molecule has 0 saturated carbocycles. The second kappa shape index (κ2) is 12.7. The van der Waals surface area contributed by atoms with E-state index in [1.165, 1.54) is 19.3 Å². The van der Waals surface area contributed by atoms with Gasteiger partial charge in [-0.15, -0.1) is 17.0 Å². The number of esters is 1. The van der Waals surface area contributed by atoms with E-state index in [0.717, 1.165) is 19.3 Å². The Morgan fingerprint density at radius 1 is 1.21 bits per heavy atom. The third-order valence-electron chi connectivity index (χ3n) is 3.04. The van der Waals surface area contributed by atoms with Crippen molar-refractivity contribution in [2.75, 3.05) is 0 Å². The maximum absolute atomic E-state index is 11.5. The molecule has 0 saturated heterocycles. The van der Waals surface area contributed by atoms with Crippen molar-refractivity contribution in [3.8, 4) is 0 Å². The van der Waals surface area contributed by atoms with Crippen LogP contribution in [0.15, 0.2) is 12.2 Å². The molecule has 0 aliphatic heterocycles. The van der Waals surface area contributed by atoms with Gasteiger partial charge in [0.1, 0.15) is 0 Å². The summed E-state index contributed by atoms with van der Waals surface area (Å²) in [5.74, 6) is -0.308. The average molecular weight is 336 g/mol. The first-order chi connectivity index (χ1) is 8.54. The molecule has 2 unspecified atom stereocenters. The van der Waals surface area contributed by atoms with E-state index in [0.29, 0.717) is 11.6 Å². The molecule has 2 atom stereocenters. The Morgan fingerprint density at radius 2 is 1.84 bits per heavy atom. The lowest BCUT2D eigenvalue weighted by molar-refractivity contribution is -0.146. The number of hydrogen-bond acceptors (Lipinski definition) is 3. The third-order valence-corrected chi connectivity index (χ3v) is 3.04. The topological polar surface area (TPSA) is 38.3 Å². The smallest absolute Gasteiger partial charge is 0.334 e. The summed E-state index contributed by atoms with van der Waals surface area (Å²) in [6.45, 7) is 11.7. The number of nitrogens with one attached hydrogen (secondary N) is 1. The minimum Gasteiger partial charge on any atom is -0.443 e. The number of rotatable bonds is 10. The Hall–Kier alpha value is -0.350. The van der Waals surface area contributed by atoms with Crippen molar-refractivity contribution < 1.29 is 9.53 Å². The lowest BCUT2D eigenvalue weighted by Crippen LogP contribution is -2.40. The van der Waals surface area contributed by atoms with Gasteiger partial charge in [-0.05, 0) is 26.2 Å². The van der Waals surface area contributed by atoms with Crippen molar-refractivity contribution in [3.63, 3.8) is 0 Å². The van der Waals surface area contributed by atoms with Crippen molar-refractivity contribution in [1.29, 1.82) is 0 Å². The van der Waals surface area contributed by atoms with Gasteiger partial charge in [-0.2, -0.15) is 0 Å². The van der Waals surface area contributed by atoms with Gasteiger partial charge in [-0.1, -0.05) is 46.6 Å². The molecule has 0 fully saturated rings. The molecule has 0 spiro atoms. The van der Waals surface area contributed by atoms with Crippen LogP contribution < -0.4 is 5.32 Å². The SMILES string of the molecule is Br.C=C(C)C(=O)OC(CC)NC(CC)CCCCC. The normalized spacial score (nSPS) is 13.3. The summed E-state index contributed by atoms with van der Waals surface area (Å²) >= 11 is 0. The summed E-state index contributed by atoms with van der Waals surface area (Å²) in [6.07, 6.45) is 6.52. The van der Waals surface area contributed by atoms with Crippen molar-refractivity contribution in [2.24, 2.45) is 0 Å². The van der Waals surface area contributed by atoms with E-state index in [1.807, 2.05) is 6.92 Å². The Kier molecular flexibility index (Phi) is 14.0. The van der Waals surface area contributed by atoms with Gasteiger partial charge in [0.25, 0.3) is 0 Å². The van der Waals surface area contributed by atoms with Gasteiger partial charge in [0, 0.05) is 11.6 Å². The second-order valence-electron chi connectivity index (χ2n) is 4.85. The molecular formula is C15H30BrNO2. The van der Waals surface area contributed by atoms with E-state index < -0.39 is 0 Å². The highest BCUT2D eigenvalue weighted by Gasteiger charge is 2.16. The molecule has 114 valence electrons. The van der Waals surface area contributed by atoms with Crippen LogP contribution in [0.4, 0.5) is 0 Å². The summed E-state index contributed by atoms with van der Waals surface area (Å²) in [7, 11) is 0. The van der Waals surface area contributed by atoms with Gasteiger partial charge in [0.2, 0.25) is 0 Å². The summed E-state index contributed by atoms with van der Waals surface area (Å²) in [5.41, 5.74) is 0.453. The lowest BCUT2D eigenvalue weighted by Gasteiger charge is -2.24. The molecule has 0 aliphatic carbocycles. The number of carbonyl (C=O) groups is 1. The maximum Gasteiger partial charge on any atom is 0.334 e. The number of carbonyl (C=O) groups excluding carboxylic acids is 1. The molecule has 1 N–H and O–H groups in total. The highest BCUT2D eigenvalue weighted by atomic mass is 79.9. The molecule has 4 heteroatoms. The quantitative estimate of drug-likeness (QED) is 0.279. The zero-order chi connectivity index (χ0) is 14.0. The number of halogens is 1. The van der Waals surface area contributed by atoms with E-state index in [4.69, 9.17) is 4.74 Å². The Balaban J connectivity index is 0. The predicted molar refractivity (Wildman–Crippen MR) is 86.7 cm³/mol. The number of hydrogen-bond donors (Lipinski definition) is 1. The van der Waals surface area contributed by atoms with Crippen molar-refractivity contribution >= 4 is 23.0 Å². The molecule has 0 bridgehead atoms. The highest BCUT2D eigenvalue weighted by molar-refractivity contribution is 8.93. The lowest BCUT2D eigenvalue weighted by atomic mass is 10.1. The molecule has 0 aromatic heterocycles. The Labute approximate surface area is 128 Å². The molecule has 0 aliphatic rings. The molecule has 19 heavy (non-hydrogen) atoms. The zero-order valence-corrected chi connectivity index (χ0v) is 14.5. The van der Waals surface area contributed by atoms with Crippen LogP contribution in [0.3, 0.4) is 0 Å². The fraction of sp³-hybridized carbons (Fsp3) is 0.800. The van der Waals surface area contributed by atoms with Crippen LogP contribution in [0.1, 0.15) is 66.2 Å². The van der Waals surface area contributed by atoms with E-state index in [9.17, 15) is 4.79 Å². The van der Waals surface area contributed by atoms with Crippen molar-refractivity contribution in [3.05, 3.63) is 12.2 Å². The molecule has 0 aromatic rings. The maximum atomic E-state index is 11.5. The first-order valence-electron chi connectivity index (χ1n) is 7.17. The van der Waals surface area contributed by atoms with Gasteiger partial charge in [-0.3, -0.25) is 5.32 Å². The molecule has 0 rings (SSSR count). The van der Waals surface area contributed by atoms with Gasteiger partial charge in [0.15, 0.2) is 6.23 Å². The van der Waals surface area contributed by atoms with Crippen molar-refractivity contribution in [1.82, 2.24) is 5.32 Å². The van der Waals surface area contributed by atoms with Crippen LogP contribution in [0.25, 0.3) is 0 Å². The van der Waals surface area contributed by atoms with Gasteiger partial charge in [0.05, 0.1) is 0 Å². The van der Waals surface area contributed by atoms with Crippen LogP contribution in [-0.4, -0.2) is 18.2 Å². The molecule has 0 aromatic carbocycles.